The number of benzene rings is 1. The van der Waals surface area contributed by atoms with Gasteiger partial charge in [-0.1, -0.05) is 12.1 Å². The molecule has 3 nitrogen and oxygen atoms in total. The van der Waals surface area contributed by atoms with Crippen molar-refractivity contribution in [2.45, 2.75) is 0 Å². The van der Waals surface area contributed by atoms with Gasteiger partial charge in [0.15, 0.2) is 6.29 Å². The Balaban J connectivity index is 0.000000720. The summed E-state index contributed by atoms with van der Waals surface area (Å²) >= 11 is 0. The number of aldehydes is 1. The predicted octanol–water partition coefficient (Wildman–Crippen LogP) is 1.49. The molecule has 0 aliphatic heterocycles. The predicted molar refractivity (Wildman–Crippen MR) is 42.6 cm³/mol. The van der Waals surface area contributed by atoms with Crippen molar-refractivity contribution in [3.63, 3.8) is 0 Å². The molecule has 0 spiro atoms. The molecule has 11 heavy (non-hydrogen) atoms. The van der Waals surface area contributed by atoms with E-state index in [1.807, 2.05) is 12.1 Å². The summed E-state index contributed by atoms with van der Waals surface area (Å²) in [7, 11) is 0. The summed E-state index contributed by atoms with van der Waals surface area (Å²) in [6.45, 7) is 0. The van der Waals surface area contributed by atoms with Gasteiger partial charge in [-0.25, -0.2) is 0 Å². The maximum Gasteiger partial charge on any atom is 1.00 e. The number of rotatable bonds is 1. The third-order valence-electron chi connectivity index (χ3n) is 1.65. The number of fused-ring (bicyclic) bond motifs is 1. The van der Waals surface area contributed by atoms with Crippen LogP contribution in [0.15, 0.2) is 24.4 Å². The van der Waals surface area contributed by atoms with Crippen molar-refractivity contribution in [3.8, 4) is 0 Å². The number of hydrogen-bond acceptors (Lipinski definition) is 2. The van der Waals surface area contributed by atoms with E-state index in [0.29, 0.717) is 5.56 Å². The summed E-state index contributed by atoms with van der Waals surface area (Å²) in [4.78, 5) is 10.5. The lowest BCUT2D eigenvalue weighted by Crippen LogP contribution is -1.78. The van der Waals surface area contributed by atoms with Gasteiger partial charge in [0.25, 0.3) is 0 Å². The number of carbonyl (C=O) groups is 1. The van der Waals surface area contributed by atoms with E-state index in [9.17, 15) is 4.79 Å². The minimum Gasteiger partial charge on any atom is -0.298 e. The highest BCUT2D eigenvalue weighted by atomic mass is 16.1. The van der Waals surface area contributed by atoms with Crippen LogP contribution in [0, 0.1) is 0 Å². The smallest absolute Gasteiger partial charge is 0.298 e. The Kier molecular flexibility index (Phi) is 1.22. The molecule has 0 amide bonds. The van der Waals surface area contributed by atoms with Crippen LogP contribution in [0.5, 0.6) is 0 Å². The van der Waals surface area contributed by atoms with Crippen molar-refractivity contribution in [2.24, 2.45) is 0 Å². The fourth-order valence-corrected chi connectivity index (χ4v) is 1.09. The van der Waals surface area contributed by atoms with E-state index < -0.39 is 0 Å². The lowest BCUT2D eigenvalue weighted by atomic mass is 10.1. The third kappa shape index (κ3) is 0.816. The second-order valence-electron chi connectivity index (χ2n) is 2.30. The maximum absolute atomic E-state index is 10.5. The van der Waals surface area contributed by atoms with Crippen LogP contribution in [0.3, 0.4) is 0 Å². The molecular formula is C8H7N2O+. The summed E-state index contributed by atoms with van der Waals surface area (Å²) in [5.41, 5.74) is 1.57. The van der Waals surface area contributed by atoms with Crippen LogP contribution in [-0.4, -0.2) is 16.5 Å². The summed E-state index contributed by atoms with van der Waals surface area (Å²) in [5, 5.41) is 7.49. The van der Waals surface area contributed by atoms with Crippen molar-refractivity contribution in [3.05, 3.63) is 30.0 Å². The zero-order valence-electron chi connectivity index (χ0n) is 6.74. The second-order valence-corrected chi connectivity index (χ2v) is 2.30. The standard InChI is InChI=1S/C8H6N2O/c11-5-6-2-1-3-8-7(6)4-9-10-8/h1-5H,(H,9,10)/p+1. The summed E-state index contributed by atoms with van der Waals surface area (Å²) in [6.07, 6.45) is 2.48. The first-order valence-corrected chi connectivity index (χ1v) is 3.29. The van der Waals surface area contributed by atoms with Crippen LogP contribution < -0.4 is 0 Å². The monoisotopic (exact) mass is 147 g/mol. The van der Waals surface area contributed by atoms with Crippen molar-refractivity contribution in [1.82, 2.24) is 10.2 Å². The molecular weight excluding hydrogens is 140 g/mol. The van der Waals surface area contributed by atoms with Gasteiger partial charge in [0.1, 0.15) is 0 Å². The summed E-state index contributed by atoms with van der Waals surface area (Å²) < 4.78 is 0. The van der Waals surface area contributed by atoms with E-state index in [1.54, 1.807) is 12.3 Å². The first-order valence-electron chi connectivity index (χ1n) is 3.29. The van der Waals surface area contributed by atoms with Gasteiger partial charge in [0.2, 0.25) is 0 Å². The van der Waals surface area contributed by atoms with Gasteiger partial charge in [-0.3, -0.25) is 9.89 Å². The van der Waals surface area contributed by atoms with Gasteiger partial charge >= 0.3 is 1.43 Å². The molecule has 3 heteroatoms. The van der Waals surface area contributed by atoms with Gasteiger partial charge < -0.3 is 0 Å². The molecule has 0 saturated carbocycles. The molecule has 0 saturated heterocycles. The normalized spacial score (nSPS) is 10.2. The number of carbonyl (C=O) groups excluding carboxylic acids is 1. The molecule has 1 aromatic carbocycles. The van der Waals surface area contributed by atoms with Crippen LogP contribution in [0.1, 0.15) is 11.8 Å². The average molecular weight is 147 g/mol. The third-order valence-corrected chi connectivity index (χ3v) is 1.65. The number of aromatic nitrogens is 2. The molecule has 1 aromatic heterocycles. The molecule has 0 aliphatic rings. The van der Waals surface area contributed by atoms with E-state index in [0.717, 1.165) is 17.2 Å². The Morgan fingerprint density at radius 1 is 1.55 bits per heavy atom. The Morgan fingerprint density at radius 2 is 2.45 bits per heavy atom. The van der Waals surface area contributed by atoms with E-state index >= 15 is 0 Å². The molecule has 0 bridgehead atoms. The Labute approximate surface area is 64.5 Å². The quantitative estimate of drug-likeness (QED) is 0.621. The fraction of sp³-hybridized carbons (Fsp3) is 0. The highest BCUT2D eigenvalue weighted by Crippen LogP contribution is 2.13. The van der Waals surface area contributed by atoms with Crippen LogP contribution in [0.4, 0.5) is 0 Å². The zero-order chi connectivity index (χ0) is 7.68. The lowest BCUT2D eigenvalue weighted by molar-refractivity contribution is 0.112. The van der Waals surface area contributed by atoms with Crippen molar-refractivity contribution >= 4 is 17.2 Å². The number of H-pyrrole nitrogens is 1. The number of aromatic amines is 1. The molecule has 1 N–H and O–H groups in total. The topological polar surface area (TPSA) is 45.8 Å². The van der Waals surface area contributed by atoms with Crippen molar-refractivity contribution in [2.75, 3.05) is 0 Å². The van der Waals surface area contributed by atoms with Gasteiger partial charge in [0, 0.05) is 10.9 Å². The summed E-state index contributed by atoms with van der Waals surface area (Å²) in [5.74, 6) is 0. The van der Waals surface area contributed by atoms with Crippen LogP contribution in [-0.2, 0) is 0 Å². The molecule has 0 fully saturated rings. The first kappa shape index (κ1) is 6.09. The Bertz CT molecular complexity index is 397. The van der Waals surface area contributed by atoms with Crippen LogP contribution in [0.25, 0.3) is 10.9 Å². The highest BCUT2D eigenvalue weighted by Gasteiger charge is 1.98. The van der Waals surface area contributed by atoms with E-state index in [4.69, 9.17) is 0 Å². The number of nitrogens with one attached hydrogen (secondary N) is 1. The molecule has 54 valence electrons. The Morgan fingerprint density at radius 3 is 3.27 bits per heavy atom. The molecule has 1 heterocycles. The van der Waals surface area contributed by atoms with E-state index in [2.05, 4.69) is 10.2 Å². The van der Waals surface area contributed by atoms with Gasteiger partial charge in [-0.2, -0.15) is 5.10 Å². The number of nitrogens with zero attached hydrogens (tertiary/aromatic N) is 1. The number of hydrogen-bond donors (Lipinski definition) is 1. The average Bonchev–Trinajstić information content (AvgIpc) is 2.50. The summed E-state index contributed by atoms with van der Waals surface area (Å²) in [6, 6.07) is 5.48. The minimum absolute atomic E-state index is 0. The largest absolute Gasteiger partial charge is 1.00 e. The molecule has 0 unspecified atom stereocenters. The fourth-order valence-electron chi connectivity index (χ4n) is 1.09. The van der Waals surface area contributed by atoms with Gasteiger partial charge in [-0.05, 0) is 6.07 Å². The Hall–Kier alpha value is -1.64. The molecule has 0 aliphatic carbocycles. The molecule has 2 rings (SSSR count). The van der Waals surface area contributed by atoms with Crippen molar-refractivity contribution in [1.29, 1.82) is 0 Å². The maximum atomic E-state index is 10.5. The zero-order valence-corrected chi connectivity index (χ0v) is 5.74. The highest BCUT2D eigenvalue weighted by molar-refractivity contribution is 5.95. The minimum atomic E-state index is 0. The van der Waals surface area contributed by atoms with E-state index in [1.165, 1.54) is 0 Å². The molecule has 0 radical (unpaired) electrons. The van der Waals surface area contributed by atoms with E-state index in [-0.39, 0.29) is 1.43 Å². The molecule has 0 atom stereocenters. The SMILES string of the molecule is O=Cc1cccc2[nH]ncc12.[H+]. The molecule has 2 aromatic rings. The first-order chi connectivity index (χ1) is 5.42. The van der Waals surface area contributed by atoms with Gasteiger partial charge in [0.05, 0.1) is 11.7 Å². The van der Waals surface area contributed by atoms with Crippen molar-refractivity contribution < 1.29 is 6.22 Å². The van der Waals surface area contributed by atoms with Crippen LogP contribution in [0.2, 0.25) is 0 Å². The van der Waals surface area contributed by atoms with Crippen LogP contribution >= 0.6 is 0 Å². The second kappa shape index (κ2) is 2.20. The van der Waals surface area contributed by atoms with Gasteiger partial charge in [-0.15, -0.1) is 0 Å². The lowest BCUT2D eigenvalue weighted by Gasteiger charge is -1.89.